The van der Waals surface area contributed by atoms with Crippen molar-refractivity contribution in [3.05, 3.63) is 21.4 Å². The molecule has 16 heavy (non-hydrogen) atoms. The molecule has 1 saturated heterocycles. The van der Waals surface area contributed by atoms with Crippen molar-refractivity contribution in [2.45, 2.75) is 13.3 Å². The second kappa shape index (κ2) is 4.67. The molecule has 1 aliphatic heterocycles. The van der Waals surface area contributed by atoms with Crippen LogP contribution in [0.4, 0.5) is 5.82 Å². The van der Waals surface area contributed by atoms with Crippen LogP contribution in [0.2, 0.25) is 0 Å². The van der Waals surface area contributed by atoms with E-state index in [-0.39, 0.29) is 11.8 Å². The third-order valence-corrected chi connectivity index (χ3v) is 3.96. The highest BCUT2D eigenvalue weighted by Crippen LogP contribution is 2.24. The van der Waals surface area contributed by atoms with E-state index in [0.717, 1.165) is 15.1 Å². The molecule has 0 spiro atoms. The summed E-state index contributed by atoms with van der Waals surface area (Å²) in [6.07, 6.45) is 0.545. The van der Waals surface area contributed by atoms with Gasteiger partial charge in [-0.15, -0.1) is 0 Å². The number of anilines is 1. The standard InChI is InChI=1S/C11H14IN3O/c1-7-9(12)2-3-10(14-7)15-6-8(5-13)4-11(15)16/h2-3,8H,4-6,13H2,1H3. The predicted molar refractivity (Wildman–Crippen MR) is 71.2 cm³/mol. The first-order valence-electron chi connectivity index (χ1n) is 5.25. The minimum Gasteiger partial charge on any atom is -0.330 e. The molecule has 86 valence electrons. The van der Waals surface area contributed by atoms with Gasteiger partial charge in [0.1, 0.15) is 5.82 Å². The SMILES string of the molecule is Cc1nc(N2CC(CN)CC2=O)ccc1I. The Kier molecular flexibility index (Phi) is 3.44. The van der Waals surface area contributed by atoms with Gasteiger partial charge in [-0.25, -0.2) is 4.98 Å². The van der Waals surface area contributed by atoms with Gasteiger partial charge >= 0.3 is 0 Å². The number of aromatic nitrogens is 1. The van der Waals surface area contributed by atoms with Crippen LogP contribution in [0.1, 0.15) is 12.1 Å². The van der Waals surface area contributed by atoms with Crippen molar-refractivity contribution in [2.24, 2.45) is 11.7 Å². The third kappa shape index (κ3) is 2.20. The van der Waals surface area contributed by atoms with E-state index in [1.165, 1.54) is 0 Å². The predicted octanol–water partition coefficient (Wildman–Crippen LogP) is 1.31. The molecule has 0 bridgehead atoms. The van der Waals surface area contributed by atoms with Crippen LogP contribution in [0.5, 0.6) is 0 Å². The molecule has 2 N–H and O–H groups in total. The molecular formula is C11H14IN3O. The summed E-state index contributed by atoms with van der Waals surface area (Å²) < 4.78 is 1.11. The fourth-order valence-corrected chi connectivity index (χ4v) is 2.14. The van der Waals surface area contributed by atoms with E-state index in [9.17, 15) is 4.79 Å². The zero-order valence-corrected chi connectivity index (χ0v) is 11.3. The van der Waals surface area contributed by atoms with Crippen LogP contribution in [0.25, 0.3) is 0 Å². The maximum absolute atomic E-state index is 11.8. The van der Waals surface area contributed by atoms with Gasteiger partial charge in [-0.3, -0.25) is 9.69 Å². The van der Waals surface area contributed by atoms with Crippen molar-refractivity contribution in [1.82, 2.24) is 4.98 Å². The summed E-state index contributed by atoms with van der Waals surface area (Å²) in [6.45, 7) is 3.21. The van der Waals surface area contributed by atoms with E-state index in [2.05, 4.69) is 27.6 Å². The lowest BCUT2D eigenvalue weighted by Gasteiger charge is -2.16. The van der Waals surface area contributed by atoms with E-state index in [0.29, 0.717) is 19.5 Å². The highest BCUT2D eigenvalue weighted by molar-refractivity contribution is 14.1. The number of hydrogen-bond donors (Lipinski definition) is 1. The molecule has 2 heterocycles. The highest BCUT2D eigenvalue weighted by Gasteiger charge is 2.30. The molecule has 4 nitrogen and oxygen atoms in total. The third-order valence-electron chi connectivity index (χ3n) is 2.82. The fourth-order valence-electron chi connectivity index (χ4n) is 1.84. The number of rotatable bonds is 2. The van der Waals surface area contributed by atoms with Gasteiger partial charge in [0, 0.05) is 16.5 Å². The largest absolute Gasteiger partial charge is 0.330 e. The molecule has 1 fully saturated rings. The average Bonchev–Trinajstić information content (AvgIpc) is 2.64. The summed E-state index contributed by atoms with van der Waals surface area (Å²) in [5, 5.41) is 0. The lowest BCUT2D eigenvalue weighted by molar-refractivity contribution is -0.117. The fraction of sp³-hybridized carbons (Fsp3) is 0.455. The zero-order valence-electron chi connectivity index (χ0n) is 9.11. The molecule has 0 saturated carbocycles. The van der Waals surface area contributed by atoms with Crippen LogP contribution in [-0.2, 0) is 4.79 Å². The Hall–Kier alpha value is -0.690. The summed E-state index contributed by atoms with van der Waals surface area (Å²) in [5.41, 5.74) is 6.55. The summed E-state index contributed by atoms with van der Waals surface area (Å²) >= 11 is 2.23. The molecule has 5 heteroatoms. The number of nitrogens with zero attached hydrogens (tertiary/aromatic N) is 2. The number of hydrogen-bond acceptors (Lipinski definition) is 3. The van der Waals surface area contributed by atoms with E-state index in [1.54, 1.807) is 4.90 Å². The Morgan fingerprint density at radius 2 is 2.38 bits per heavy atom. The Bertz CT molecular complexity index is 422. The Morgan fingerprint density at radius 3 is 2.94 bits per heavy atom. The molecule has 0 radical (unpaired) electrons. The number of halogens is 1. The lowest BCUT2D eigenvalue weighted by atomic mass is 10.1. The number of amides is 1. The molecule has 1 unspecified atom stereocenters. The zero-order chi connectivity index (χ0) is 11.7. The van der Waals surface area contributed by atoms with E-state index >= 15 is 0 Å². The van der Waals surface area contributed by atoms with Gasteiger partial charge in [-0.1, -0.05) is 0 Å². The minimum atomic E-state index is 0.128. The molecule has 2 rings (SSSR count). The summed E-state index contributed by atoms with van der Waals surface area (Å²) in [5.74, 6) is 1.15. The number of carbonyl (C=O) groups excluding carboxylic acids is 1. The molecule has 1 aromatic heterocycles. The van der Waals surface area contributed by atoms with E-state index in [4.69, 9.17) is 5.73 Å². The van der Waals surface area contributed by atoms with Crippen molar-refractivity contribution in [2.75, 3.05) is 18.0 Å². The van der Waals surface area contributed by atoms with Gasteiger partial charge in [-0.2, -0.15) is 0 Å². The van der Waals surface area contributed by atoms with Crippen molar-refractivity contribution >= 4 is 34.3 Å². The van der Waals surface area contributed by atoms with Gasteiger partial charge in [0.05, 0.1) is 5.69 Å². The van der Waals surface area contributed by atoms with Crippen molar-refractivity contribution in [3.8, 4) is 0 Å². The quantitative estimate of drug-likeness (QED) is 0.832. The second-order valence-electron chi connectivity index (χ2n) is 4.05. The maximum Gasteiger partial charge on any atom is 0.228 e. The first-order chi connectivity index (χ1) is 7.61. The minimum absolute atomic E-state index is 0.128. The average molecular weight is 331 g/mol. The van der Waals surface area contributed by atoms with Crippen LogP contribution >= 0.6 is 22.6 Å². The molecule has 1 amide bonds. The number of carbonyl (C=O) groups is 1. The maximum atomic E-state index is 11.8. The summed E-state index contributed by atoms with van der Waals surface area (Å²) in [7, 11) is 0. The second-order valence-corrected chi connectivity index (χ2v) is 5.21. The Morgan fingerprint density at radius 1 is 1.62 bits per heavy atom. The van der Waals surface area contributed by atoms with Crippen LogP contribution in [0.3, 0.4) is 0 Å². The lowest BCUT2D eigenvalue weighted by Crippen LogP contribution is -2.26. The van der Waals surface area contributed by atoms with Crippen LogP contribution in [0, 0.1) is 16.4 Å². The van der Waals surface area contributed by atoms with Crippen LogP contribution < -0.4 is 10.6 Å². The summed E-state index contributed by atoms with van der Waals surface area (Å²) in [6, 6.07) is 3.88. The molecule has 0 aliphatic carbocycles. The normalized spacial score (nSPS) is 20.6. The van der Waals surface area contributed by atoms with Crippen molar-refractivity contribution in [1.29, 1.82) is 0 Å². The molecule has 0 aromatic carbocycles. The van der Waals surface area contributed by atoms with Gasteiger partial charge < -0.3 is 5.73 Å². The number of pyridine rings is 1. The monoisotopic (exact) mass is 331 g/mol. The van der Waals surface area contributed by atoms with Crippen molar-refractivity contribution in [3.63, 3.8) is 0 Å². The van der Waals surface area contributed by atoms with E-state index in [1.807, 2.05) is 19.1 Å². The number of aryl methyl sites for hydroxylation is 1. The van der Waals surface area contributed by atoms with Gasteiger partial charge in [0.15, 0.2) is 0 Å². The highest BCUT2D eigenvalue weighted by atomic mass is 127. The first-order valence-corrected chi connectivity index (χ1v) is 6.33. The first kappa shape index (κ1) is 11.8. The smallest absolute Gasteiger partial charge is 0.228 e. The summed E-state index contributed by atoms with van der Waals surface area (Å²) in [4.78, 5) is 17.9. The van der Waals surface area contributed by atoms with Gasteiger partial charge in [0.25, 0.3) is 0 Å². The van der Waals surface area contributed by atoms with Gasteiger partial charge in [0.2, 0.25) is 5.91 Å². The van der Waals surface area contributed by atoms with E-state index < -0.39 is 0 Å². The van der Waals surface area contributed by atoms with Crippen LogP contribution in [-0.4, -0.2) is 24.0 Å². The molecule has 1 atom stereocenters. The number of nitrogens with two attached hydrogens (primary N) is 1. The molecule has 1 aliphatic rings. The van der Waals surface area contributed by atoms with Gasteiger partial charge in [-0.05, 0) is 54.1 Å². The molecule has 1 aromatic rings. The topological polar surface area (TPSA) is 59.2 Å². The Balaban J connectivity index is 2.24. The Labute approximate surface area is 108 Å². The van der Waals surface area contributed by atoms with Crippen molar-refractivity contribution < 1.29 is 4.79 Å². The van der Waals surface area contributed by atoms with Crippen LogP contribution in [0.15, 0.2) is 12.1 Å². The molecular weight excluding hydrogens is 317 g/mol.